The summed E-state index contributed by atoms with van der Waals surface area (Å²) >= 11 is 0. The Morgan fingerprint density at radius 3 is 2.57 bits per heavy atom. The van der Waals surface area contributed by atoms with Gasteiger partial charge < -0.3 is 9.73 Å². The van der Waals surface area contributed by atoms with Crippen LogP contribution in [0.2, 0.25) is 0 Å². The molecule has 0 bridgehead atoms. The van der Waals surface area contributed by atoms with Gasteiger partial charge in [-0.05, 0) is 64.6 Å². The summed E-state index contributed by atoms with van der Waals surface area (Å²) in [4.78, 5) is 14.2. The Hall–Kier alpha value is -1.29. The van der Waals surface area contributed by atoms with Crippen LogP contribution in [0.15, 0.2) is 10.5 Å². The lowest BCUT2D eigenvalue weighted by Gasteiger charge is -2.31. The van der Waals surface area contributed by atoms with Gasteiger partial charge in [0, 0.05) is 24.6 Å². The second-order valence-corrected chi connectivity index (χ2v) is 6.68. The van der Waals surface area contributed by atoms with E-state index < -0.39 is 0 Å². The lowest BCUT2D eigenvalue weighted by atomic mass is 9.96. The SMILES string of the molecule is Cc1cc(CN2CCC(CNC(=O)C3CC3)CC2)c(C)o1. The molecule has 0 radical (unpaired) electrons. The first-order valence-corrected chi connectivity index (χ1v) is 8.18. The zero-order valence-corrected chi connectivity index (χ0v) is 13.2. The molecule has 1 aromatic rings. The fourth-order valence-electron chi connectivity index (χ4n) is 3.16. The minimum Gasteiger partial charge on any atom is -0.466 e. The average molecular weight is 290 g/mol. The van der Waals surface area contributed by atoms with Gasteiger partial charge in [0.05, 0.1) is 0 Å². The van der Waals surface area contributed by atoms with Crippen LogP contribution >= 0.6 is 0 Å². The van der Waals surface area contributed by atoms with E-state index in [1.165, 1.54) is 18.4 Å². The summed E-state index contributed by atoms with van der Waals surface area (Å²) in [5.74, 6) is 3.31. The van der Waals surface area contributed by atoms with Crippen LogP contribution in [0, 0.1) is 25.7 Å². The Balaban J connectivity index is 1.40. The molecule has 0 atom stereocenters. The summed E-state index contributed by atoms with van der Waals surface area (Å²) in [6, 6.07) is 2.15. The molecule has 2 fully saturated rings. The molecule has 2 aliphatic rings. The van der Waals surface area contributed by atoms with Gasteiger partial charge >= 0.3 is 0 Å². The normalized spacial score (nSPS) is 20.7. The number of rotatable bonds is 5. The van der Waals surface area contributed by atoms with Crippen LogP contribution in [0.1, 0.15) is 42.8 Å². The zero-order valence-electron chi connectivity index (χ0n) is 13.2. The van der Waals surface area contributed by atoms with Crippen molar-refractivity contribution >= 4 is 5.91 Å². The Morgan fingerprint density at radius 1 is 1.29 bits per heavy atom. The van der Waals surface area contributed by atoms with Gasteiger partial charge in [-0.1, -0.05) is 0 Å². The molecule has 4 heteroatoms. The summed E-state index contributed by atoms with van der Waals surface area (Å²) in [6.45, 7) is 8.15. The molecule has 0 unspecified atom stereocenters. The average Bonchev–Trinajstić information content (AvgIpc) is 3.25. The number of nitrogens with zero attached hydrogens (tertiary/aromatic N) is 1. The number of furan rings is 1. The second kappa shape index (κ2) is 6.22. The van der Waals surface area contributed by atoms with Crippen molar-refractivity contribution in [1.29, 1.82) is 0 Å². The summed E-state index contributed by atoms with van der Waals surface area (Å²) in [5, 5.41) is 3.12. The second-order valence-electron chi connectivity index (χ2n) is 6.68. The van der Waals surface area contributed by atoms with Crippen molar-refractivity contribution in [3.63, 3.8) is 0 Å². The summed E-state index contributed by atoms with van der Waals surface area (Å²) in [6.07, 6.45) is 4.54. The largest absolute Gasteiger partial charge is 0.466 e. The van der Waals surface area contributed by atoms with Crippen LogP contribution in [0.5, 0.6) is 0 Å². The number of amides is 1. The number of piperidine rings is 1. The third kappa shape index (κ3) is 3.88. The molecule has 116 valence electrons. The number of likely N-dealkylation sites (tertiary alicyclic amines) is 1. The first-order chi connectivity index (χ1) is 10.1. The highest BCUT2D eigenvalue weighted by atomic mass is 16.3. The van der Waals surface area contributed by atoms with Gasteiger partial charge in [-0.3, -0.25) is 9.69 Å². The first-order valence-electron chi connectivity index (χ1n) is 8.18. The molecule has 1 saturated carbocycles. The van der Waals surface area contributed by atoms with Gasteiger partial charge in [-0.15, -0.1) is 0 Å². The fraction of sp³-hybridized carbons (Fsp3) is 0.706. The highest BCUT2D eigenvalue weighted by Gasteiger charge is 2.30. The Bertz CT molecular complexity index is 497. The third-order valence-electron chi connectivity index (χ3n) is 4.76. The molecule has 0 aromatic carbocycles. The van der Waals surface area contributed by atoms with Crippen LogP contribution in [-0.2, 0) is 11.3 Å². The Morgan fingerprint density at radius 2 is 2.00 bits per heavy atom. The first kappa shape index (κ1) is 14.6. The van der Waals surface area contributed by atoms with Gasteiger partial charge in [0.15, 0.2) is 0 Å². The zero-order chi connectivity index (χ0) is 14.8. The molecule has 0 spiro atoms. The van der Waals surface area contributed by atoms with Crippen molar-refractivity contribution in [3.8, 4) is 0 Å². The third-order valence-corrected chi connectivity index (χ3v) is 4.76. The standard InChI is InChI=1S/C17H26N2O2/c1-12-9-16(13(2)21-12)11-19-7-5-14(6-8-19)10-18-17(20)15-3-4-15/h9,14-15H,3-8,10-11H2,1-2H3,(H,18,20). The maximum atomic E-state index is 11.7. The van der Waals surface area contributed by atoms with Crippen LogP contribution in [0.25, 0.3) is 0 Å². The lowest BCUT2D eigenvalue weighted by Crippen LogP contribution is -2.38. The predicted molar refractivity (Wildman–Crippen MR) is 81.9 cm³/mol. The number of hydrogen-bond acceptors (Lipinski definition) is 3. The van der Waals surface area contributed by atoms with Crippen LogP contribution < -0.4 is 5.32 Å². The molecule has 1 aliphatic heterocycles. The molecule has 4 nitrogen and oxygen atoms in total. The molecule has 2 heterocycles. The molecule has 1 saturated heterocycles. The Kier molecular flexibility index (Phi) is 4.34. The van der Waals surface area contributed by atoms with Crippen LogP contribution in [0.3, 0.4) is 0 Å². The van der Waals surface area contributed by atoms with E-state index in [1.807, 2.05) is 13.8 Å². The Labute approximate surface area is 126 Å². The van der Waals surface area contributed by atoms with Crippen molar-refractivity contribution < 1.29 is 9.21 Å². The highest BCUT2D eigenvalue weighted by molar-refractivity contribution is 5.80. The van der Waals surface area contributed by atoms with E-state index in [4.69, 9.17) is 4.42 Å². The van der Waals surface area contributed by atoms with Crippen LogP contribution in [-0.4, -0.2) is 30.4 Å². The van der Waals surface area contributed by atoms with E-state index in [1.54, 1.807) is 0 Å². The molecular formula is C17H26N2O2. The van der Waals surface area contributed by atoms with Gasteiger partial charge in [-0.25, -0.2) is 0 Å². The van der Waals surface area contributed by atoms with Crippen molar-refractivity contribution in [2.75, 3.05) is 19.6 Å². The van der Waals surface area contributed by atoms with E-state index in [2.05, 4.69) is 16.3 Å². The molecule has 21 heavy (non-hydrogen) atoms. The lowest BCUT2D eigenvalue weighted by molar-refractivity contribution is -0.122. The van der Waals surface area contributed by atoms with Crippen molar-refractivity contribution in [1.82, 2.24) is 10.2 Å². The monoisotopic (exact) mass is 290 g/mol. The molecular weight excluding hydrogens is 264 g/mol. The summed E-state index contributed by atoms with van der Waals surface area (Å²) in [5.41, 5.74) is 1.31. The van der Waals surface area contributed by atoms with Gasteiger partial charge in [0.2, 0.25) is 5.91 Å². The van der Waals surface area contributed by atoms with E-state index in [0.29, 0.717) is 11.8 Å². The van der Waals surface area contributed by atoms with E-state index in [9.17, 15) is 4.79 Å². The van der Waals surface area contributed by atoms with Gasteiger partial charge in [0.25, 0.3) is 0 Å². The molecule has 3 rings (SSSR count). The van der Waals surface area contributed by atoms with Crippen LogP contribution in [0.4, 0.5) is 0 Å². The molecule has 1 aliphatic carbocycles. The van der Waals surface area contributed by atoms with E-state index >= 15 is 0 Å². The quantitative estimate of drug-likeness (QED) is 0.906. The van der Waals surface area contributed by atoms with Crippen molar-refractivity contribution in [3.05, 3.63) is 23.2 Å². The van der Waals surface area contributed by atoms with E-state index in [0.717, 1.165) is 50.5 Å². The van der Waals surface area contributed by atoms with Crippen molar-refractivity contribution in [2.45, 2.75) is 46.1 Å². The maximum Gasteiger partial charge on any atom is 0.223 e. The molecule has 1 amide bonds. The van der Waals surface area contributed by atoms with E-state index in [-0.39, 0.29) is 5.91 Å². The predicted octanol–water partition coefficient (Wildman–Crippen LogP) is 2.63. The number of carbonyl (C=O) groups is 1. The van der Waals surface area contributed by atoms with Gasteiger partial charge in [0.1, 0.15) is 11.5 Å². The fourth-order valence-corrected chi connectivity index (χ4v) is 3.16. The van der Waals surface area contributed by atoms with Gasteiger partial charge in [-0.2, -0.15) is 0 Å². The molecule has 1 N–H and O–H groups in total. The minimum absolute atomic E-state index is 0.280. The number of carbonyl (C=O) groups excluding carboxylic acids is 1. The maximum absolute atomic E-state index is 11.7. The summed E-state index contributed by atoms with van der Waals surface area (Å²) < 4.78 is 5.60. The highest BCUT2D eigenvalue weighted by Crippen LogP contribution is 2.29. The number of hydrogen-bond donors (Lipinski definition) is 1. The number of aryl methyl sites for hydroxylation is 2. The molecule has 1 aromatic heterocycles. The topological polar surface area (TPSA) is 45.5 Å². The minimum atomic E-state index is 0.280. The smallest absolute Gasteiger partial charge is 0.223 e. The summed E-state index contributed by atoms with van der Waals surface area (Å²) in [7, 11) is 0. The number of nitrogens with one attached hydrogen (secondary N) is 1. The van der Waals surface area contributed by atoms with Crippen molar-refractivity contribution in [2.24, 2.45) is 11.8 Å².